The van der Waals surface area contributed by atoms with Crippen molar-refractivity contribution in [3.8, 4) is 0 Å². The van der Waals surface area contributed by atoms with Crippen molar-refractivity contribution in [2.75, 3.05) is 6.54 Å². The van der Waals surface area contributed by atoms with Gasteiger partial charge in [0.15, 0.2) is 0 Å². The van der Waals surface area contributed by atoms with Crippen LogP contribution in [0, 0.1) is 5.92 Å². The molecule has 1 aliphatic rings. The van der Waals surface area contributed by atoms with E-state index in [1.54, 1.807) is 11.7 Å². The minimum Gasteiger partial charge on any atom is -0.391 e. The molecule has 112 valence electrons. The van der Waals surface area contributed by atoms with Crippen molar-refractivity contribution in [3.05, 3.63) is 17.5 Å². The van der Waals surface area contributed by atoms with Gasteiger partial charge >= 0.3 is 0 Å². The van der Waals surface area contributed by atoms with E-state index in [0.717, 1.165) is 18.5 Å². The van der Waals surface area contributed by atoms with Crippen molar-refractivity contribution in [2.45, 2.75) is 51.6 Å². The van der Waals surface area contributed by atoms with E-state index < -0.39 is 6.10 Å². The minimum atomic E-state index is -0.431. The standard InChI is InChI=1S/C15H25N3O2/c1-10(2)12-8-13(18(3)17-12)15(20)16-9-14(19)11-6-4-5-7-11/h8,10-11,14,19H,4-7,9H2,1-3H3,(H,16,20). The predicted octanol–water partition coefficient (Wildman–Crippen LogP) is 1.82. The average molecular weight is 279 g/mol. The summed E-state index contributed by atoms with van der Waals surface area (Å²) in [4.78, 5) is 12.1. The normalized spacial score (nSPS) is 17.6. The second-order valence-electron chi connectivity index (χ2n) is 6.05. The van der Waals surface area contributed by atoms with E-state index in [-0.39, 0.29) is 5.91 Å². The zero-order valence-electron chi connectivity index (χ0n) is 12.6. The van der Waals surface area contributed by atoms with Crippen LogP contribution in [0.2, 0.25) is 0 Å². The maximum atomic E-state index is 12.1. The maximum absolute atomic E-state index is 12.1. The highest BCUT2D eigenvalue weighted by Crippen LogP contribution is 2.27. The van der Waals surface area contributed by atoms with Gasteiger partial charge in [0.05, 0.1) is 11.8 Å². The van der Waals surface area contributed by atoms with Gasteiger partial charge in [-0.1, -0.05) is 26.7 Å². The third-order valence-corrected chi connectivity index (χ3v) is 4.14. The lowest BCUT2D eigenvalue weighted by Gasteiger charge is -2.17. The quantitative estimate of drug-likeness (QED) is 0.864. The molecule has 0 saturated heterocycles. The van der Waals surface area contributed by atoms with E-state index >= 15 is 0 Å². The second kappa shape index (κ2) is 6.39. The van der Waals surface area contributed by atoms with Gasteiger partial charge in [0.1, 0.15) is 5.69 Å². The third-order valence-electron chi connectivity index (χ3n) is 4.14. The summed E-state index contributed by atoms with van der Waals surface area (Å²) >= 11 is 0. The fourth-order valence-electron chi connectivity index (χ4n) is 2.78. The van der Waals surface area contributed by atoms with E-state index in [2.05, 4.69) is 10.4 Å². The SMILES string of the molecule is CC(C)c1cc(C(=O)NCC(O)C2CCCC2)n(C)n1. The summed E-state index contributed by atoms with van der Waals surface area (Å²) in [7, 11) is 1.77. The Kier molecular flexibility index (Phi) is 4.81. The van der Waals surface area contributed by atoms with E-state index in [0.29, 0.717) is 24.1 Å². The number of rotatable bonds is 5. The highest BCUT2D eigenvalue weighted by Gasteiger charge is 2.24. The Morgan fingerprint density at radius 1 is 1.50 bits per heavy atom. The summed E-state index contributed by atoms with van der Waals surface area (Å²) in [6.07, 6.45) is 4.09. The van der Waals surface area contributed by atoms with Crippen LogP contribution in [0.4, 0.5) is 0 Å². The Balaban J connectivity index is 1.91. The van der Waals surface area contributed by atoms with Gasteiger partial charge in [0, 0.05) is 13.6 Å². The van der Waals surface area contributed by atoms with Crippen molar-refractivity contribution in [3.63, 3.8) is 0 Å². The Hall–Kier alpha value is -1.36. The van der Waals surface area contributed by atoms with Crippen LogP contribution in [-0.2, 0) is 7.05 Å². The Bertz CT molecular complexity index is 462. The van der Waals surface area contributed by atoms with Crippen LogP contribution >= 0.6 is 0 Å². The van der Waals surface area contributed by atoms with Crippen LogP contribution in [0.5, 0.6) is 0 Å². The Morgan fingerprint density at radius 2 is 2.15 bits per heavy atom. The number of nitrogens with zero attached hydrogens (tertiary/aromatic N) is 2. The van der Waals surface area contributed by atoms with Crippen LogP contribution in [0.1, 0.15) is 61.6 Å². The summed E-state index contributed by atoms with van der Waals surface area (Å²) < 4.78 is 1.60. The van der Waals surface area contributed by atoms with Gasteiger partial charge in [0.2, 0.25) is 0 Å². The van der Waals surface area contributed by atoms with Crippen LogP contribution in [0.15, 0.2) is 6.07 Å². The molecule has 1 amide bonds. The molecule has 1 heterocycles. The zero-order chi connectivity index (χ0) is 14.7. The number of hydrogen-bond donors (Lipinski definition) is 2. The summed E-state index contributed by atoms with van der Waals surface area (Å²) in [5.41, 5.74) is 1.46. The molecule has 2 rings (SSSR count). The first-order valence-corrected chi connectivity index (χ1v) is 7.49. The predicted molar refractivity (Wildman–Crippen MR) is 77.6 cm³/mol. The smallest absolute Gasteiger partial charge is 0.269 e. The number of hydrogen-bond acceptors (Lipinski definition) is 3. The summed E-state index contributed by atoms with van der Waals surface area (Å²) in [5.74, 6) is 0.476. The molecule has 1 aromatic rings. The fraction of sp³-hybridized carbons (Fsp3) is 0.733. The molecule has 0 radical (unpaired) electrons. The largest absolute Gasteiger partial charge is 0.391 e. The molecule has 1 atom stereocenters. The highest BCUT2D eigenvalue weighted by atomic mass is 16.3. The first kappa shape index (κ1) is 15.0. The van der Waals surface area contributed by atoms with Gasteiger partial charge in [-0.3, -0.25) is 9.48 Å². The number of amides is 1. The monoisotopic (exact) mass is 279 g/mol. The van der Waals surface area contributed by atoms with E-state index in [4.69, 9.17) is 0 Å². The summed E-state index contributed by atoms with van der Waals surface area (Å²) in [6, 6.07) is 1.82. The first-order valence-electron chi connectivity index (χ1n) is 7.49. The topological polar surface area (TPSA) is 67.2 Å². The molecule has 0 aromatic carbocycles. The van der Waals surface area contributed by atoms with Gasteiger partial charge in [-0.2, -0.15) is 5.10 Å². The molecule has 1 saturated carbocycles. The van der Waals surface area contributed by atoms with Crippen LogP contribution in [0.3, 0.4) is 0 Å². The molecule has 0 spiro atoms. The molecular weight excluding hydrogens is 254 g/mol. The number of aliphatic hydroxyl groups is 1. The lowest BCUT2D eigenvalue weighted by molar-refractivity contribution is 0.0833. The number of aryl methyl sites for hydroxylation is 1. The van der Waals surface area contributed by atoms with Crippen LogP contribution in [0.25, 0.3) is 0 Å². The molecule has 5 heteroatoms. The number of nitrogens with one attached hydrogen (secondary N) is 1. The molecular formula is C15H25N3O2. The molecule has 1 unspecified atom stereocenters. The van der Waals surface area contributed by atoms with Crippen molar-refractivity contribution in [1.29, 1.82) is 0 Å². The molecule has 1 aliphatic carbocycles. The first-order chi connectivity index (χ1) is 9.49. The van der Waals surface area contributed by atoms with Crippen molar-refractivity contribution < 1.29 is 9.90 Å². The van der Waals surface area contributed by atoms with Crippen molar-refractivity contribution in [2.24, 2.45) is 13.0 Å². The molecule has 0 bridgehead atoms. The molecule has 0 aliphatic heterocycles. The number of carbonyl (C=O) groups excluding carboxylic acids is 1. The maximum Gasteiger partial charge on any atom is 0.269 e. The summed E-state index contributed by atoms with van der Waals surface area (Å²) in [6.45, 7) is 4.42. The minimum absolute atomic E-state index is 0.163. The van der Waals surface area contributed by atoms with Crippen molar-refractivity contribution in [1.82, 2.24) is 15.1 Å². The van der Waals surface area contributed by atoms with E-state index in [9.17, 15) is 9.90 Å². The number of aromatic nitrogens is 2. The Labute approximate surface area is 120 Å². The van der Waals surface area contributed by atoms with Gasteiger partial charge < -0.3 is 10.4 Å². The fourth-order valence-corrected chi connectivity index (χ4v) is 2.78. The second-order valence-corrected chi connectivity index (χ2v) is 6.05. The van der Waals surface area contributed by atoms with Crippen LogP contribution in [-0.4, -0.2) is 33.4 Å². The summed E-state index contributed by atoms with van der Waals surface area (Å²) in [5, 5.41) is 17.2. The molecule has 20 heavy (non-hydrogen) atoms. The van der Waals surface area contributed by atoms with E-state index in [1.165, 1.54) is 12.8 Å². The van der Waals surface area contributed by atoms with Gasteiger partial charge in [0.25, 0.3) is 5.91 Å². The van der Waals surface area contributed by atoms with E-state index in [1.807, 2.05) is 19.9 Å². The van der Waals surface area contributed by atoms with Gasteiger partial charge in [-0.15, -0.1) is 0 Å². The zero-order valence-corrected chi connectivity index (χ0v) is 12.6. The number of aliphatic hydroxyl groups excluding tert-OH is 1. The molecule has 1 fully saturated rings. The van der Waals surface area contributed by atoms with Crippen molar-refractivity contribution >= 4 is 5.91 Å². The third kappa shape index (κ3) is 3.39. The highest BCUT2D eigenvalue weighted by molar-refractivity contribution is 5.92. The lowest BCUT2D eigenvalue weighted by Crippen LogP contribution is -2.36. The van der Waals surface area contributed by atoms with Gasteiger partial charge in [-0.05, 0) is 30.7 Å². The lowest BCUT2D eigenvalue weighted by atomic mass is 10.0. The molecule has 2 N–H and O–H groups in total. The van der Waals surface area contributed by atoms with Gasteiger partial charge in [-0.25, -0.2) is 0 Å². The average Bonchev–Trinajstić information content (AvgIpc) is 3.04. The van der Waals surface area contributed by atoms with Crippen LogP contribution < -0.4 is 5.32 Å². The molecule has 5 nitrogen and oxygen atoms in total. The Morgan fingerprint density at radius 3 is 2.70 bits per heavy atom. The number of carbonyl (C=O) groups is 1. The molecule has 1 aromatic heterocycles.